The third-order valence-electron chi connectivity index (χ3n) is 11.5. The highest BCUT2D eigenvalue weighted by Gasteiger charge is 2.55. The molecule has 8 atom stereocenters. The quantitative estimate of drug-likeness (QED) is 0.179. The van der Waals surface area contributed by atoms with Gasteiger partial charge >= 0.3 is 5.97 Å². The molecule has 1 aromatic carbocycles. The average Bonchev–Trinajstić information content (AvgIpc) is 3.78. The van der Waals surface area contributed by atoms with Gasteiger partial charge < -0.3 is 30.2 Å². The Kier molecular flexibility index (Phi) is 15.6. The Morgan fingerprint density at radius 1 is 1.00 bits per heavy atom. The van der Waals surface area contributed by atoms with Gasteiger partial charge in [-0.1, -0.05) is 71.4 Å². The number of likely N-dealkylation sites (tertiary alicyclic amines) is 1. The average molecular weight is 744 g/mol. The molecule has 1 saturated heterocycles. The molecule has 0 aromatic heterocycles. The lowest BCUT2D eigenvalue weighted by atomic mass is 9.86. The second kappa shape index (κ2) is 18.8. The molecule has 0 radical (unpaired) electrons. The minimum atomic E-state index is -1.23. The number of nitrogens with two attached hydrogens (primary N) is 1. The van der Waals surface area contributed by atoms with Crippen LogP contribution < -0.4 is 16.4 Å². The van der Waals surface area contributed by atoms with Crippen LogP contribution in [-0.2, 0) is 43.6 Å². The first-order valence-electron chi connectivity index (χ1n) is 19.0. The maximum atomic E-state index is 14.2. The van der Waals surface area contributed by atoms with Gasteiger partial charge in [0.2, 0.25) is 23.6 Å². The Morgan fingerprint density at radius 3 is 2.11 bits per heavy atom. The SMILES string of the molecule is CC[C@H](C)[C@@H]([C@@H](CC(=O)N1CCC[C@H]1[C@H](OC)[C@@H](C)C(=O)N[C@@H](C(=O)OC)C1(c2ccccc2)CC1)OC)N(C)[C@H](C(=O)NC(=O)C(C)(C)N)C(C)C. The molecule has 1 heterocycles. The van der Waals surface area contributed by atoms with Gasteiger partial charge in [-0.25, -0.2) is 4.79 Å². The fourth-order valence-corrected chi connectivity index (χ4v) is 8.15. The molecular formula is C40H65N5O8. The molecule has 0 unspecified atom stereocenters. The summed E-state index contributed by atoms with van der Waals surface area (Å²) in [7, 11) is 6.27. The number of rotatable bonds is 19. The van der Waals surface area contributed by atoms with Crippen LogP contribution >= 0.6 is 0 Å². The Balaban J connectivity index is 1.81. The fourth-order valence-electron chi connectivity index (χ4n) is 8.15. The number of carbonyl (C=O) groups excluding carboxylic acids is 5. The van der Waals surface area contributed by atoms with Crippen LogP contribution in [0.15, 0.2) is 30.3 Å². The number of hydrogen-bond acceptors (Lipinski definition) is 10. The Bertz CT molecular complexity index is 1410. The molecule has 0 bridgehead atoms. The summed E-state index contributed by atoms with van der Waals surface area (Å²) < 4.78 is 17.2. The van der Waals surface area contributed by atoms with Gasteiger partial charge in [-0.05, 0) is 64.0 Å². The van der Waals surface area contributed by atoms with Crippen LogP contribution in [0.5, 0.6) is 0 Å². The maximum Gasteiger partial charge on any atom is 0.329 e. The first kappa shape index (κ1) is 44.0. The minimum absolute atomic E-state index is 0.0201. The van der Waals surface area contributed by atoms with Crippen molar-refractivity contribution in [1.29, 1.82) is 0 Å². The third kappa shape index (κ3) is 10.2. The summed E-state index contributed by atoms with van der Waals surface area (Å²) in [6.45, 7) is 13.3. The normalized spacial score (nSPS) is 20.9. The largest absolute Gasteiger partial charge is 0.467 e. The first-order chi connectivity index (χ1) is 24.9. The lowest BCUT2D eigenvalue weighted by Gasteiger charge is -2.43. The van der Waals surface area contributed by atoms with Crippen molar-refractivity contribution in [3.05, 3.63) is 35.9 Å². The predicted octanol–water partition coefficient (Wildman–Crippen LogP) is 3.17. The van der Waals surface area contributed by atoms with Crippen molar-refractivity contribution in [3.63, 3.8) is 0 Å². The summed E-state index contributed by atoms with van der Waals surface area (Å²) in [5.41, 5.74) is 5.16. The number of esters is 1. The van der Waals surface area contributed by atoms with E-state index in [2.05, 4.69) is 17.6 Å². The number of ether oxygens (including phenoxy) is 3. The van der Waals surface area contributed by atoms with E-state index in [1.54, 1.807) is 39.9 Å². The number of imide groups is 1. The van der Waals surface area contributed by atoms with Gasteiger partial charge in [0.05, 0.1) is 49.3 Å². The van der Waals surface area contributed by atoms with E-state index in [1.807, 2.05) is 63.1 Å². The zero-order valence-electron chi connectivity index (χ0n) is 33.8. The molecule has 1 aliphatic carbocycles. The highest BCUT2D eigenvalue weighted by atomic mass is 16.5. The van der Waals surface area contributed by atoms with Crippen molar-refractivity contribution in [2.45, 2.75) is 134 Å². The predicted molar refractivity (Wildman–Crippen MR) is 202 cm³/mol. The molecule has 2 fully saturated rings. The highest BCUT2D eigenvalue weighted by molar-refractivity contribution is 6.01. The van der Waals surface area contributed by atoms with Gasteiger partial charge in [0.25, 0.3) is 0 Å². The van der Waals surface area contributed by atoms with Crippen molar-refractivity contribution < 1.29 is 38.2 Å². The number of carbonyl (C=O) groups is 5. The maximum absolute atomic E-state index is 14.2. The van der Waals surface area contributed by atoms with E-state index in [-0.39, 0.29) is 42.2 Å². The fraction of sp³-hybridized carbons (Fsp3) is 0.725. The molecule has 4 amide bonds. The van der Waals surface area contributed by atoms with E-state index in [0.717, 1.165) is 31.2 Å². The Labute approximate surface area is 316 Å². The summed E-state index contributed by atoms with van der Waals surface area (Å²) in [5.74, 6) is -2.87. The monoisotopic (exact) mass is 743 g/mol. The van der Waals surface area contributed by atoms with Crippen LogP contribution in [0.2, 0.25) is 0 Å². The number of nitrogens with zero attached hydrogens (tertiary/aromatic N) is 2. The molecule has 13 nitrogen and oxygen atoms in total. The molecular weight excluding hydrogens is 678 g/mol. The lowest BCUT2D eigenvalue weighted by molar-refractivity contribution is -0.148. The van der Waals surface area contributed by atoms with Gasteiger partial charge in [-0.3, -0.25) is 29.4 Å². The van der Waals surface area contributed by atoms with Crippen LogP contribution in [-0.4, -0.2) is 116 Å². The van der Waals surface area contributed by atoms with Gasteiger partial charge in [0.1, 0.15) is 6.04 Å². The number of methoxy groups -OCH3 is 3. The molecule has 2 aliphatic rings. The summed E-state index contributed by atoms with van der Waals surface area (Å²) in [4.78, 5) is 71.2. The van der Waals surface area contributed by atoms with E-state index in [9.17, 15) is 24.0 Å². The second-order valence-electron chi connectivity index (χ2n) is 16.0. The summed E-state index contributed by atoms with van der Waals surface area (Å²) in [5, 5.41) is 5.49. The molecule has 1 saturated carbocycles. The smallest absolute Gasteiger partial charge is 0.329 e. The third-order valence-corrected chi connectivity index (χ3v) is 11.5. The molecule has 0 spiro atoms. The number of amides is 4. The Morgan fingerprint density at radius 2 is 1.62 bits per heavy atom. The summed E-state index contributed by atoms with van der Waals surface area (Å²) >= 11 is 0. The van der Waals surface area contributed by atoms with Crippen molar-refractivity contribution in [3.8, 4) is 0 Å². The van der Waals surface area contributed by atoms with E-state index < -0.39 is 58.9 Å². The van der Waals surface area contributed by atoms with Crippen molar-refractivity contribution in [1.82, 2.24) is 20.4 Å². The molecule has 1 aliphatic heterocycles. The Hall–Kier alpha value is -3.39. The number of hydrogen-bond donors (Lipinski definition) is 3. The zero-order valence-corrected chi connectivity index (χ0v) is 33.8. The summed E-state index contributed by atoms with van der Waals surface area (Å²) in [6.07, 6.45) is 2.42. The highest BCUT2D eigenvalue weighted by Crippen LogP contribution is 2.51. The van der Waals surface area contributed by atoms with Crippen molar-refractivity contribution in [2.75, 3.05) is 34.9 Å². The minimum Gasteiger partial charge on any atom is -0.467 e. The van der Waals surface area contributed by atoms with Crippen LogP contribution in [0.25, 0.3) is 0 Å². The standard InChI is InChI=1S/C40H65N5O8/c1-12-25(4)32(44(8)31(24(2)3)36(48)43-38(50)39(6,7)41)29(51-9)23-30(46)45-22-16-19-28(45)33(52-10)26(5)35(47)42-34(37(49)53-11)40(20-21-40)27-17-14-13-15-18-27/h13-15,17-18,24-26,28-29,31-34H,12,16,19-23,41H2,1-11H3,(H,42,47)(H,43,48,50)/t25-,26+,28-,29+,31-,32-,33+,34-/m0/s1. The topological polar surface area (TPSA) is 170 Å². The van der Waals surface area contributed by atoms with Gasteiger partial charge in [0, 0.05) is 32.2 Å². The van der Waals surface area contributed by atoms with Gasteiger partial charge in [-0.15, -0.1) is 0 Å². The second-order valence-corrected chi connectivity index (χ2v) is 16.0. The molecule has 13 heteroatoms. The zero-order chi connectivity index (χ0) is 39.8. The van der Waals surface area contributed by atoms with E-state index >= 15 is 0 Å². The van der Waals surface area contributed by atoms with E-state index in [4.69, 9.17) is 19.9 Å². The molecule has 1 aromatic rings. The molecule has 53 heavy (non-hydrogen) atoms. The van der Waals surface area contributed by atoms with Crippen LogP contribution in [0.1, 0.15) is 92.6 Å². The number of benzene rings is 1. The first-order valence-corrected chi connectivity index (χ1v) is 19.0. The van der Waals surface area contributed by atoms with Crippen molar-refractivity contribution in [2.24, 2.45) is 23.5 Å². The summed E-state index contributed by atoms with van der Waals surface area (Å²) in [6, 6.07) is 7.39. The number of likely N-dealkylation sites (N-methyl/N-ethyl adjacent to an activating group) is 1. The van der Waals surface area contributed by atoms with Gasteiger partial charge in [-0.2, -0.15) is 0 Å². The van der Waals surface area contributed by atoms with Crippen LogP contribution in [0, 0.1) is 17.8 Å². The van der Waals surface area contributed by atoms with Crippen LogP contribution in [0.3, 0.4) is 0 Å². The molecule has 3 rings (SSSR count). The van der Waals surface area contributed by atoms with E-state index in [1.165, 1.54) is 7.11 Å². The molecule has 298 valence electrons. The van der Waals surface area contributed by atoms with Crippen LogP contribution in [0.4, 0.5) is 0 Å². The van der Waals surface area contributed by atoms with E-state index in [0.29, 0.717) is 13.0 Å². The lowest BCUT2D eigenvalue weighted by Crippen LogP contribution is -2.60. The molecule has 4 N–H and O–H groups in total. The van der Waals surface area contributed by atoms with Crippen molar-refractivity contribution >= 4 is 29.6 Å². The van der Waals surface area contributed by atoms with Gasteiger partial charge in [0.15, 0.2) is 0 Å². The number of nitrogens with one attached hydrogen (secondary N) is 2.